The summed E-state index contributed by atoms with van der Waals surface area (Å²) < 4.78 is 8.30. The molecule has 4 heteroatoms. The SMILES string of the molecule is c1cn(C2CCCC2)nc1CN[C@@H]1[C@H]2CCO[C@@H]2C12CCCC2. The highest BCUT2D eigenvalue weighted by atomic mass is 16.5. The van der Waals surface area contributed by atoms with E-state index in [4.69, 9.17) is 9.84 Å². The second kappa shape index (κ2) is 5.59. The fraction of sp³-hybridized carbons (Fsp3) is 0.842. The molecule has 1 N–H and O–H groups in total. The molecule has 5 rings (SSSR count). The van der Waals surface area contributed by atoms with E-state index in [1.807, 2.05) is 0 Å². The minimum absolute atomic E-state index is 0.454. The summed E-state index contributed by atoms with van der Waals surface area (Å²) in [6.07, 6.45) is 14.9. The molecule has 1 saturated heterocycles. The maximum Gasteiger partial charge on any atom is 0.0762 e. The topological polar surface area (TPSA) is 39.1 Å². The molecule has 1 aliphatic heterocycles. The van der Waals surface area contributed by atoms with Gasteiger partial charge in [0.2, 0.25) is 0 Å². The van der Waals surface area contributed by atoms with Crippen molar-refractivity contribution in [1.82, 2.24) is 15.1 Å². The second-order valence-electron chi connectivity index (χ2n) is 8.27. The van der Waals surface area contributed by atoms with Crippen LogP contribution >= 0.6 is 0 Å². The first-order valence-electron chi connectivity index (χ1n) is 9.76. The molecule has 3 atom stereocenters. The summed E-state index contributed by atoms with van der Waals surface area (Å²) in [7, 11) is 0. The largest absolute Gasteiger partial charge is 0.377 e. The first-order valence-corrected chi connectivity index (χ1v) is 9.76. The van der Waals surface area contributed by atoms with Gasteiger partial charge in [-0.15, -0.1) is 0 Å². The Morgan fingerprint density at radius 2 is 2.00 bits per heavy atom. The lowest BCUT2D eigenvalue weighted by Gasteiger charge is -2.57. The summed E-state index contributed by atoms with van der Waals surface area (Å²) in [5.41, 5.74) is 1.67. The molecule has 1 spiro atoms. The summed E-state index contributed by atoms with van der Waals surface area (Å²) >= 11 is 0. The predicted octanol–water partition coefficient (Wildman–Crippen LogP) is 3.44. The Kier molecular flexibility index (Phi) is 3.52. The molecule has 0 unspecified atom stereocenters. The average Bonchev–Trinajstić information content (AvgIpc) is 3.33. The number of fused-ring (bicyclic) bond motifs is 2. The zero-order chi connectivity index (χ0) is 15.3. The van der Waals surface area contributed by atoms with Gasteiger partial charge in [0, 0.05) is 36.7 Å². The third-order valence-electron chi connectivity index (χ3n) is 7.15. The van der Waals surface area contributed by atoms with Crippen LogP contribution in [0.1, 0.15) is 69.5 Å². The summed E-state index contributed by atoms with van der Waals surface area (Å²) in [5.74, 6) is 0.755. The highest BCUT2D eigenvalue weighted by molar-refractivity contribution is 5.17. The van der Waals surface area contributed by atoms with Crippen molar-refractivity contribution in [2.75, 3.05) is 6.61 Å². The molecule has 1 aromatic heterocycles. The van der Waals surface area contributed by atoms with Gasteiger partial charge in [0.15, 0.2) is 0 Å². The van der Waals surface area contributed by atoms with Crippen LogP contribution < -0.4 is 5.32 Å². The van der Waals surface area contributed by atoms with Crippen molar-refractivity contribution in [1.29, 1.82) is 0 Å². The van der Waals surface area contributed by atoms with Crippen LogP contribution in [-0.4, -0.2) is 28.5 Å². The molecule has 2 heterocycles. The van der Waals surface area contributed by atoms with Gasteiger partial charge in [0.25, 0.3) is 0 Å². The maximum atomic E-state index is 6.08. The highest BCUT2D eigenvalue weighted by Gasteiger charge is 2.64. The lowest BCUT2D eigenvalue weighted by atomic mass is 9.54. The maximum absolute atomic E-state index is 6.08. The quantitative estimate of drug-likeness (QED) is 0.925. The first kappa shape index (κ1) is 14.5. The average molecular weight is 315 g/mol. The molecule has 3 saturated carbocycles. The summed E-state index contributed by atoms with van der Waals surface area (Å²) in [4.78, 5) is 0. The van der Waals surface area contributed by atoms with E-state index in [2.05, 4.69) is 22.3 Å². The van der Waals surface area contributed by atoms with Crippen LogP contribution in [0.25, 0.3) is 0 Å². The fourth-order valence-electron chi connectivity index (χ4n) is 6.07. The lowest BCUT2D eigenvalue weighted by molar-refractivity contribution is -0.131. The molecular weight excluding hydrogens is 286 g/mol. The minimum atomic E-state index is 0.454. The Morgan fingerprint density at radius 1 is 1.17 bits per heavy atom. The van der Waals surface area contributed by atoms with E-state index < -0.39 is 0 Å². The molecule has 4 fully saturated rings. The van der Waals surface area contributed by atoms with E-state index >= 15 is 0 Å². The van der Waals surface area contributed by atoms with Gasteiger partial charge in [-0.2, -0.15) is 5.10 Å². The van der Waals surface area contributed by atoms with Crippen molar-refractivity contribution < 1.29 is 4.74 Å². The Bertz CT molecular complexity index is 557. The summed E-state index contributed by atoms with van der Waals surface area (Å²) in [6, 6.07) is 3.53. The van der Waals surface area contributed by atoms with Crippen LogP contribution in [0.4, 0.5) is 0 Å². The van der Waals surface area contributed by atoms with Crippen molar-refractivity contribution in [2.45, 2.75) is 82.5 Å². The summed E-state index contributed by atoms with van der Waals surface area (Å²) in [6.45, 7) is 1.90. The van der Waals surface area contributed by atoms with Gasteiger partial charge in [0.05, 0.1) is 17.8 Å². The monoisotopic (exact) mass is 315 g/mol. The molecule has 1 aromatic rings. The zero-order valence-electron chi connectivity index (χ0n) is 14.0. The predicted molar refractivity (Wildman–Crippen MR) is 89.1 cm³/mol. The second-order valence-corrected chi connectivity index (χ2v) is 8.27. The number of nitrogens with zero attached hydrogens (tertiary/aromatic N) is 2. The van der Waals surface area contributed by atoms with Crippen LogP contribution in [0.3, 0.4) is 0 Å². The van der Waals surface area contributed by atoms with Gasteiger partial charge in [-0.1, -0.05) is 25.7 Å². The van der Waals surface area contributed by atoms with E-state index in [1.165, 1.54) is 63.5 Å². The Labute approximate surface area is 139 Å². The molecule has 0 bridgehead atoms. The van der Waals surface area contributed by atoms with Gasteiger partial charge >= 0.3 is 0 Å². The molecule has 3 aliphatic carbocycles. The molecule has 4 nitrogen and oxygen atoms in total. The zero-order valence-corrected chi connectivity index (χ0v) is 14.0. The van der Waals surface area contributed by atoms with Gasteiger partial charge in [-0.25, -0.2) is 0 Å². The van der Waals surface area contributed by atoms with E-state index in [1.54, 1.807) is 0 Å². The van der Waals surface area contributed by atoms with E-state index in [0.717, 1.165) is 19.1 Å². The van der Waals surface area contributed by atoms with Crippen molar-refractivity contribution in [2.24, 2.45) is 11.3 Å². The molecule has 4 aliphatic rings. The van der Waals surface area contributed by atoms with Crippen LogP contribution in [0.15, 0.2) is 12.3 Å². The fourth-order valence-corrected chi connectivity index (χ4v) is 6.07. The van der Waals surface area contributed by atoms with Crippen molar-refractivity contribution in [3.63, 3.8) is 0 Å². The van der Waals surface area contributed by atoms with Crippen LogP contribution in [-0.2, 0) is 11.3 Å². The third-order valence-corrected chi connectivity index (χ3v) is 7.15. The normalized spacial score (nSPS) is 35.7. The van der Waals surface area contributed by atoms with Crippen LogP contribution in [0, 0.1) is 11.3 Å². The van der Waals surface area contributed by atoms with Gasteiger partial charge in [-0.05, 0) is 38.2 Å². The van der Waals surface area contributed by atoms with Crippen molar-refractivity contribution in [3.05, 3.63) is 18.0 Å². The van der Waals surface area contributed by atoms with Crippen LogP contribution in [0.2, 0.25) is 0 Å². The number of hydrogen-bond acceptors (Lipinski definition) is 3. The van der Waals surface area contributed by atoms with Crippen molar-refractivity contribution >= 4 is 0 Å². The number of rotatable bonds is 4. The number of hydrogen-bond donors (Lipinski definition) is 1. The van der Waals surface area contributed by atoms with Gasteiger partial charge in [-0.3, -0.25) is 4.68 Å². The molecular formula is C19H29N3O. The van der Waals surface area contributed by atoms with E-state index in [9.17, 15) is 0 Å². The van der Waals surface area contributed by atoms with Gasteiger partial charge in [0.1, 0.15) is 0 Å². The Morgan fingerprint density at radius 3 is 2.83 bits per heavy atom. The van der Waals surface area contributed by atoms with E-state index in [0.29, 0.717) is 23.6 Å². The first-order chi connectivity index (χ1) is 11.4. The summed E-state index contributed by atoms with van der Waals surface area (Å²) in [5, 5.41) is 8.73. The van der Waals surface area contributed by atoms with Gasteiger partial charge < -0.3 is 10.1 Å². The molecule has 23 heavy (non-hydrogen) atoms. The van der Waals surface area contributed by atoms with E-state index in [-0.39, 0.29) is 0 Å². The number of aromatic nitrogens is 2. The van der Waals surface area contributed by atoms with Crippen molar-refractivity contribution in [3.8, 4) is 0 Å². The standard InChI is InChI=1S/C19H29N3O/c1-2-6-15(5-1)22-11-7-14(21-22)13-20-17-16-8-12-23-18(16)19(17)9-3-4-10-19/h7,11,15-18,20H,1-6,8-10,12-13H2/t16-,17-,18+/m1/s1. The molecule has 0 aromatic carbocycles. The Hall–Kier alpha value is -0.870. The van der Waals surface area contributed by atoms with Crippen LogP contribution in [0.5, 0.6) is 0 Å². The number of ether oxygens (including phenoxy) is 1. The third kappa shape index (κ3) is 2.21. The molecule has 0 amide bonds. The minimum Gasteiger partial charge on any atom is -0.377 e. The highest BCUT2D eigenvalue weighted by Crippen LogP contribution is 2.60. The molecule has 0 radical (unpaired) electrons. The Balaban J connectivity index is 1.25. The smallest absolute Gasteiger partial charge is 0.0762 e. The number of nitrogens with one attached hydrogen (secondary N) is 1. The lowest BCUT2D eigenvalue weighted by Crippen LogP contribution is -2.67. The molecule has 126 valence electrons.